The van der Waals surface area contributed by atoms with E-state index in [2.05, 4.69) is 15.9 Å². The van der Waals surface area contributed by atoms with Crippen LogP contribution >= 0.6 is 62.0 Å². The lowest BCUT2D eigenvalue weighted by Crippen LogP contribution is -2.53. The molecule has 2 aliphatic heterocycles. The van der Waals surface area contributed by atoms with Crippen LogP contribution in [0.1, 0.15) is 17.8 Å². The van der Waals surface area contributed by atoms with Crippen molar-refractivity contribution >= 4 is 109 Å². The Kier molecular flexibility index (Phi) is 6.87. The zero-order valence-electron chi connectivity index (χ0n) is 18.5. The maximum Gasteiger partial charge on any atom is 0.320 e. The Morgan fingerprint density at radius 1 is 1.31 bits per heavy atom. The number of halogens is 2. The van der Waals surface area contributed by atoms with E-state index >= 15 is 0 Å². The number of benzene rings is 1. The second-order valence-corrected chi connectivity index (χ2v) is 16.7. The van der Waals surface area contributed by atoms with Gasteiger partial charge in [-0.25, -0.2) is 17.6 Å². The van der Waals surface area contributed by atoms with Gasteiger partial charge < -0.3 is 0 Å². The number of aromatic nitrogens is 1. The zero-order chi connectivity index (χ0) is 26.0. The Balaban J connectivity index is 1.69. The fourth-order valence-electron chi connectivity index (χ4n) is 4.74. The first-order valence-corrected chi connectivity index (χ1v) is 17.5. The van der Waals surface area contributed by atoms with Crippen LogP contribution in [0.5, 0.6) is 0 Å². The first-order chi connectivity index (χ1) is 16.8. The number of fused-ring (bicyclic) bond motifs is 3. The molecule has 1 amide bonds. The van der Waals surface area contributed by atoms with Crippen molar-refractivity contribution in [1.82, 2.24) is 9.21 Å². The van der Waals surface area contributed by atoms with Crippen molar-refractivity contribution < 1.29 is 30.7 Å². The molecule has 0 aliphatic carbocycles. The molecule has 0 saturated carbocycles. The standard InChI is InChI=1S/C20H17BrClN3O6S5/c1-35(27,28)23-16(26)10-24-17(32-14-8-15(21)34-20(14)24)9-18-25(6-2-3-19(25)36(29,30)31)12-7-11(22)4-5-13(12)33-18/h4-5,7-9,19H,2-3,6,10H2,1H3/p+2. The molecule has 2 aromatic heterocycles. The molecule has 1 saturated heterocycles. The van der Waals surface area contributed by atoms with Crippen LogP contribution < -0.4 is 13.8 Å². The minimum Gasteiger partial charge on any atom is -0.281 e. The Morgan fingerprint density at radius 3 is 2.75 bits per heavy atom. The summed E-state index contributed by atoms with van der Waals surface area (Å²) in [7, 11) is -8.14. The number of thiazole rings is 1. The molecule has 0 radical (unpaired) electrons. The highest BCUT2D eigenvalue weighted by Crippen LogP contribution is 2.57. The highest BCUT2D eigenvalue weighted by molar-refractivity contribution is 9.11. The van der Waals surface area contributed by atoms with Gasteiger partial charge in [0.15, 0.2) is 10.7 Å². The third-order valence-electron chi connectivity index (χ3n) is 5.98. The smallest absolute Gasteiger partial charge is 0.281 e. The number of carbonyl (C=O) groups is 1. The number of nitrogens with one attached hydrogen (secondary N) is 1. The minimum atomic E-state index is -4.41. The summed E-state index contributed by atoms with van der Waals surface area (Å²) in [5.41, 5.74) is 0.710. The Hall–Kier alpha value is -1.04. The van der Waals surface area contributed by atoms with Crippen LogP contribution in [-0.2, 0) is 31.5 Å². The SMILES string of the molecule is CS(=O)(=O)NC(=O)C[n+]1c(C=C2Sc3ccc(Cl)cc3[N+]23CCCC3S(=O)(=O)O)sc2cc(Br)sc21. The van der Waals surface area contributed by atoms with Crippen molar-refractivity contribution in [2.75, 3.05) is 12.8 Å². The van der Waals surface area contributed by atoms with Crippen LogP contribution in [0.4, 0.5) is 5.69 Å². The number of nitrogens with zero attached hydrogens (tertiary/aromatic N) is 2. The average Bonchev–Trinajstić information content (AvgIpc) is 3.47. The van der Waals surface area contributed by atoms with Crippen LogP contribution in [0.3, 0.4) is 0 Å². The van der Waals surface area contributed by atoms with E-state index in [1.165, 1.54) is 34.4 Å². The number of sulfonamides is 1. The normalized spacial score (nSPS) is 23.1. The molecule has 2 atom stereocenters. The van der Waals surface area contributed by atoms with E-state index in [1.54, 1.807) is 16.7 Å². The van der Waals surface area contributed by atoms with Gasteiger partial charge >= 0.3 is 10.1 Å². The fraction of sp³-hybridized carbons (Fsp3) is 0.300. The van der Waals surface area contributed by atoms with Crippen molar-refractivity contribution in [3.63, 3.8) is 0 Å². The highest BCUT2D eigenvalue weighted by Gasteiger charge is 2.58. The lowest BCUT2D eigenvalue weighted by Gasteiger charge is -2.34. The van der Waals surface area contributed by atoms with Gasteiger partial charge in [0.2, 0.25) is 21.9 Å². The zero-order valence-corrected chi connectivity index (χ0v) is 24.9. The van der Waals surface area contributed by atoms with Crippen LogP contribution in [-0.4, -0.2) is 45.5 Å². The quantitative estimate of drug-likeness (QED) is 0.237. The second-order valence-electron chi connectivity index (χ2n) is 8.44. The van der Waals surface area contributed by atoms with Crippen molar-refractivity contribution in [1.29, 1.82) is 0 Å². The maximum absolute atomic E-state index is 12.5. The molecule has 9 nitrogen and oxygen atoms in total. The van der Waals surface area contributed by atoms with Gasteiger partial charge in [-0.05, 0) is 45.9 Å². The van der Waals surface area contributed by atoms with Crippen molar-refractivity contribution in [3.05, 3.63) is 43.1 Å². The molecule has 2 aliphatic rings. The molecule has 1 aromatic carbocycles. The number of hydrogen-bond donors (Lipinski definition) is 2. The summed E-state index contributed by atoms with van der Waals surface area (Å²) < 4.78 is 63.8. The summed E-state index contributed by atoms with van der Waals surface area (Å²) in [5, 5.41) is 0.696. The van der Waals surface area contributed by atoms with Gasteiger partial charge in [0.1, 0.15) is 4.70 Å². The van der Waals surface area contributed by atoms with E-state index in [0.29, 0.717) is 33.7 Å². The Bertz CT molecular complexity index is 1670. The molecular formula is C20H19BrClN3O6S5+2. The molecule has 1 spiro atoms. The van der Waals surface area contributed by atoms with Gasteiger partial charge in [-0.3, -0.25) is 9.35 Å². The summed E-state index contributed by atoms with van der Waals surface area (Å²) >= 11 is 14.0. The van der Waals surface area contributed by atoms with Crippen molar-refractivity contribution in [3.8, 4) is 0 Å². The number of amides is 1. The van der Waals surface area contributed by atoms with Crippen LogP contribution in [0.25, 0.3) is 15.6 Å². The molecule has 3 aromatic rings. The van der Waals surface area contributed by atoms with Gasteiger partial charge in [-0.2, -0.15) is 13.0 Å². The van der Waals surface area contributed by atoms with Crippen LogP contribution in [0.15, 0.2) is 38.0 Å². The number of rotatable bonds is 5. The van der Waals surface area contributed by atoms with Gasteiger partial charge in [0, 0.05) is 23.9 Å². The van der Waals surface area contributed by atoms with Crippen LogP contribution in [0, 0.1) is 0 Å². The van der Waals surface area contributed by atoms with Crippen molar-refractivity contribution in [2.24, 2.45) is 0 Å². The minimum absolute atomic E-state index is 0.0792. The lowest BCUT2D eigenvalue weighted by molar-refractivity contribution is -0.653. The van der Waals surface area contributed by atoms with E-state index in [1.807, 2.05) is 22.9 Å². The summed E-state index contributed by atoms with van der Waals surface area (Å²) in [6.45, 7) is 0.209. The Labute approximate surface area is 233 Å². The molecule has 16 heteroatoms. The number of hydrogen-bond acceptors (Lipinski definition) is 8. The molecule has 5 rings (SSSR count). The van der Waals surface area contributed by atoms with Gasteiger partial charge in [-0.1, -0.05) is 34.3 Å². The fourth-order valence-corrected chi connectivity index (χ4v) is 11.2. The molecule has 1 fully saturated rings. The third-order valence-corrected chi connectivity index (χ3v) is 12.2. The summed E-state index contributed by atoms with van der Waals surface area (Å²) in [6.07, 6.45) is 3.61. The van der Waals surface area contributed by atoms with E-state index in [0.717, 1.165) is 24.5 Å². The van der Waals surface area contributed by atoms with E-state index in [4.69, 9.17) is 11.6 Å². The molecule has 36 heavy (non-hydrogen) atoms. The first-order valence-electron chi connectivity index (χ1n) is 10.4. The van der Waals surface area contributed by atoms with E-state index < -0.39 is 31.4 Å². The average molecular weight is 673 g/mol. The largest absolute Gasteiger partial charge is 0.320 e. The number of carbonyl (C=O) groups excluding carboxylic acids is 1. The van der Waals surface area contributed by atoms with E-state index in [9.17, 15) is 26.2 Å². The van der Waals surface area contributed by atoms with Gasteiger partial charge in [-0.15, -0.1) is 0 Å². The first kappa shape index (κ1) is 26.6. The Morgan fingerprint density at radius 2 is 2.06 bits per heavy atom. The highest BCUT2D eigenvalue weighted by atomic mass is 79.9. The van der Waals surface area contributed by atoms with Gasteiger partial charge in [0.05, 0.1) is 27.6 Å². The predicted molar refractivity (Wildman–Crippen MR) is 147 cm³/mol. The van der Waals surface area contributed by atoms with E-state index in [-0.39, 0.29) is 17.4 Å². The van der Waals surface area contributed by atoms with Crippen molar-refractivity contribution in [2.45, 2.75) is 29.7 Å². The summed E-state index contributed by atoms with van der Waals surface area (Å²) in [4.78, 5) is 14.2. The molecule has 0 bridgehead atoms. The third kappa shape index (κ3) is 4.78. The number of thioether (sulfide) groups is 1. The maximum atomic E-state index is 12.5. The molecule has 2 N–H and O–H groups in total. The van der Waals surface area contributed by atoms with Gasteiger partial charge in [0.25, 0.3) is 15.7 Å². The molecule has 192 valence electrons. The summed E-state index contributed by atoms with van der Waals surface area (Å²) in [6, 6.07) is 7.22. The topological polar surface area (TPSA) is 121 Å². The monoisotopic (exact) mass is 671 g/mol. The lowest BCUT2D eigenvalue weighted by atomic mass is 10.2. The molecule has 2 unspecified atom stereocenters. The second kappa shape index (κ2) is 9.31. The predicted octanol–water partition coefficient (Wildman–Crippen LogP) is 4.16. The van der Waals surface area contributed by atoms with Crippen LogP contribution in [0.2, 0.25) is 5.02 Å². The molecule has 4 heterocycles. The molecular weight excluding hydrogens is 654 g/mol. The summed E-state index contributed by atoms with van der Waals surface area (Å²) in [5.74, 6) is -0.693. The number of thiophene rings is 1. The number of quaternary nitrogens is 1.